The third kappa shape index (κ3) is 7.09. The standard InChI is InChI=1S/C17H17ClF3NO.C17H18ClF2NO2/c1-4-17(3,21)10-9-11(18)16(23)22(5-2)15(10)14-12(19)7-6-8-13(14)20;1-4-17(3,23)10-9-11(18)16(22)21(5-2)15(10)14-12(19)7-6-8-13(14)20/h6-9H,4-5H2,1-3H3;6-9,23H,4-5H2,1-3H3. The fraction of sp³-hybridized carbons (Fsp3) is 0.353. The third-order valence-corrected chi connectivity index (χ3v) is 8.56. The summed E-state index contributed by atoms with van der Waals surface area (Å²) in [5.74, 6) is -3.33. The third-order valence-electron chi connectivity index (χ3n) is 8.02. The van der Waals surface area contributed by atoms with Crippen molar-refractivity contribution in [3.8, 4) is 22.5 Å². The predicted octanol–water partition coefficient (Wildman–Crippen LogP) is 9.15. The van der Waals surface area contributed by atoms with E-state index in [-0.39, 0.29) is 64.1 Å². The first-order valence-corrected chi connectivity index (χ1v) is 15.4. The van der Waals surface area contributed by atoms with Crippen LogP contribution in [-0.2, 0) is 24.4 Å². The minimum absolute atomic E-state index is 0.00421. The first-order chi connectivity index (χ1) is 21.5. The molecule has 46 heavy (non-hydrogen) atoms. The van der Waals surface area contributed by atoms with Gasteiger partial charge < -0.3 is 14.2 Å². The second kappa shape index (κ2) is 14.5. The van der Waals surface area contributed by atoms with Gasteiger partial charge in [0.1, 0.15) is 39.0 Å². The van der Waals surface area contributed by atoms with E-state index in [0.29, 0.717) is 0 Å². The molecule has 2 heterocycles. The van der Waals surface area contributed by atoms with Crippen LogP contribution in [0.25, 0.3) is 22.5 Å². The summed E-state index contributed by atoms with van der Waals surface area (Å²) in [5, 5.41) is 10.4. The highest BCUT2D eigenvalue weighted by Gasteiger charge is 2.33. The van der Waals surface area contributed by atoms with Crippen molar-refractivity contribution in [1.29, 1.82) is 0 Å². The molecule has 0 radical (unpaired) electrons. The van der Waals surface area contributed by atoms with Gasteiger partial charge in [-0.1, -0.05) is 49.2 Å². The van der Waals surface area contributed by atoms with Gasteiger partial charge in [-0.05, 0) is 76.9 Å². The Morgan fingerprint density at radius 2 is 1.02 bits per heavy atom. The molecule has 2 unspecified atom stereocenters. The number of alkyl halides is 1. The van der Waals surface area contributed by atoms with Crippen LogP contribution in [-0.4, -0.2) is 14.2 Å². The molecule has 248 valence electrons. The number of rotatable bonds is 8. The van der Waals surface area contributed by atoms with Gasteiger partial charge in [0.15, 0.2) is 0 Å². The molecule has 4 aromatic rings. The van der Waals surface area contributed by atoms with Crippen LogP contribution in [0.4, 0.5) is 22.0 Å². The summed E-state index contributed by atoms with van der Waals surface area (Å²) in [6.07, 6.45) is 0.350. The van der Waals surface area contributed by atoms with Crippen LogP contribution in [0.15, 0.2) is 58.1 Å². The molecule has 0 saturated heterocycles. The van der Waals surface area contributed by atoms with Gasteiger partial charge in [0.25, 0.3) is 11.1 Å². The van der Waals surface area contributed by atoms with E-state index in [1.807, 2.05) is 0 Å². The highest BCUT2D eigenvalue weighted by atomic mass is 35.5. The molecule has 0 aliphatic heterocycles. The molecule has 4 rings (SSSR count). The van der Waals surface area contributed by atoms with E-state index in [1.54, 1.807) is 27.7 Å². The molecule has 0 fully saturated rings. The highest BCUT2D eigenvalue weighted by molar-refractivity contribution is 6.30. The molecule has 0 saturated carbocycles. The Bertz CT molecular complexity index is 1690. The van der Waals surface area contributed by atoms with Gasteiger partial charge in [-0.3, -0.25) is 9.59 Å². The number of halogens is 7. The summed E-state index contributed by atoms with van der Waals surface area (Å²) in [7, 11) is 0. The van der Waals surface area contributed by atoms with Gasteiger partial charge >= 0.3 is 0 Å². The minimum Gasteiger partial charge on any atom is -0.385 e. The molecule has 0 spiro atoms. The first-order valence-electron chi connectivity index (χ1n) is 14.7. The monoisotopic (exact) mass is 684 g/mol. The van der Waals surface area contributed by atoms with Crippen molar-refractivity contribution < 1.29 is 27.1 Å². The zero-order valence-electron chi connectivity index (χ0n) is 26.3. The SMILES string of the molecule is CCn1c(-c2c(F)cccc2F)c(C(C)(F)CC)cc(Cl)c1=O.CCn1c(-c2c(F)cccc2F)c(C(C)(O)CC)cc(Cl)c1=O. The Balaban J connectivity index is 0.000000250. The molecule has 0 bridgehead atoms. The van der Waals surface area contributed by atoms with E-state index in [4.69, 9.17) is 23.2 Å². The van der Waals surface area contributed by atoms with E-state index in [9.17, 15) is 36.6 Å². The first kappa shape index (κ1) is 37.0. The topological polar surface area (TPSA) is 64.2 Å². The number of aliphatic hydroxyl groups is 1. The molecular weight excluding hydrogens is 650 g/mol. The summed E-state index contributed by atoms with van der Waals surface area (Å²) >= 11 is 11.9. The molecule has 0 amide bonds. The summed E-state index contributed by atoms with van der Waals surface area (Å²) in [6.45, 7) is 9.73. The van der Waals surface area contributed by atoms with Crippen molar-refractivity contribution in [1.82, 2.24) is 9.13 Å². The number of aromatic nitrogens is 2. The van der Waals surface area contributed by atoms with Crippen molar-refractivity contribution in [2.24, 2.45) is 0 Å². The second-order valence-corrected chi connectivity index (χ2v) is 11.8. The average Bonchev–Trinajstić information content (AvgIpc) is 3.00. The predicted molar refractivity (Wildman–Crippen MR) is 172 cm³/mol. The lowest BCUT2D eigenvalue weighted by molar-refractivity contribution is 0.0530. The van der Waals surface area contributed by atoms with Gasteiger partial charge in [0.2, 0.25) is 0 Å². The van der Waals surface area contributed by atoms with Gasteiger partial charge in [-0.2, -0.15) is 0 Å². The molecule has 1 N–H and O–H groups in total. The maximum atomic E-state index is 15.0. The van der Waals surface area contributed by atoms with E-state index in [0.717, 1.165) is 28.8 Å². The van der Waals surface area contributed by atoms with E-state index >= 15 is 0 Å². The van der Waals surface area contributed by atoms with E-state index in [2.05, 4.69) is 0 Å². The number of benzene rings is 2. The Labute approximate surface area is 273 Å². The Morgan fingerprint density at radius 1 is 0.674 bits per heavy atom. The van der Waals surface area contributed by atoms with Crippen LogP contribution >= 0.6 is 23.2 Å². The number of nitrogens with zero attached hydrogens (tertiary/aromatic N) is 2. The average molecular weight is 686 g/mol. The highest BCUT2D eigenvalue weighted by Crippen LogP contribution is 2.39. The van der Waals surface area contributed by atoms with Gasteiger partial charge in [-0.25, -0.2) is 22.0 Å². The molecular formula is C34H35Cl2F5N2O3. The van der Waals surface area contributed by atoms with Gasteiger partial charge in [-0.15, -0.1) is 0 Å². The van der Waals surface area contributed by atoms with Crippen LogP contribution in [0.5, 0.6) is 0 Å². The Hall–Kier alpha value is -3.47. The minimum atomic E-state index is -1.89. The smallest absolute Gasteiger partial charge is 0.269 e. The number of hydrogen-bond acceptors (Lipinski definition) is 3. The van der Waals surface area contributed by atoms with Crippen molar-refractivity contribution in [2.75, 3.05) is 0 Å². The normalized spacial score (nSPS) is 13.9. The summed E-state index contributed by atoms with van der Waals surface area (Å²) in [6, 6.07) is 9.29. The number of pyridine rings is 2. The molecule has 5 nitrogen and oxygen atoms in total. The summed E-state index contributed by atoms with van der Waals surface area (Å²) < 4.78 is 74.3. The largest absolute Gasteiger partial charge is 0.385 e. The van der Waals surface area contributed by atoms with Crippen LogP contribution in [0.1, 0.15) is 65.5 Å². The summed E-state index contributed by atoms with van der Waals surface area (Å²) in [5.41, 5.74) is -5.08. The van der Waals surface area contributed by atoms with Crippen LogP contribution in [0.2, 0.25) is 10.0 Å². The Morgan fingerprint density at radius 3 is 1.35 bits per heavy atom. The lowest BCUT2D eigenvalue weighted by atomic mass is 9.89. The van der Waals surface area contributed by atoms with E-state index < -0.39 is 51.2 Å². The second-order valence-electron chi connectivity index (χ2n) is 11.0. The molecule has 0 aliphatic rings. The van der Waals surface area contributed by atoms with Crippen LogP contribution in [0, 0.1) is 23.3 Å². The fourth-order valence-electron chi connectivity index (χ4n) is 5.04. The van der Waals surface area contributed by atoms with Crippen molar-refractivity contribution in [3.63, 3.8) is 0 Å². The van der Waals surface area contributed by atoms with Gasteiger partial charge in [0.05, 0.1) is 28.1 Å². The molecule has 2 aromatic carbocycles. The molecule has 12 heteroatoms. The summed E-state index contributed by atoms with van der Waals surface area (Å²) in [4.78, 5) is 24.5. The van der Waals surface area contributed by atoms with Crippen molar-refractivity contribution in [2.45, 2.75) is 78.7 Å². The maximum absolute atomic E-state index is 15.0. The zero-order valence-corrected chi connectivity index (χ0v) is 27.8. The zero-order chi connectivity index (χ0) is 34.7. The fourth-order valence-corrected chi connectivity index (χ4v) is 5.47. The van der Waals surface area contributed by atoms with Crippen molar-refractivity contribution in [3.05, 3.63) is 114 Å². The molecule has 0 aliphatic carbocycles. The van der Waals surface area contributed by atoms with E-state index in [1.165, 1.54) is 42.7 Å². The lowest BCUT2D eigenvalue weighted by Crippen LogP contribution is -2.29. The maximum Gasteiger partial charge on any atom is 0.269 e. The quantitative estimate of drug-likeness (QED) is 0.188. The Kier molecular flexibility index (Phi) is 11.7. The molecule has 2 atom stereocenters. The van der Waals surface area contributed by atoms with Crippen LogP contribution < -0.4 is 11.1 Å². The lowest BCUT2D eigenvalue weighted by Gasteiger charge is -2.27. The number of hydrogen-bond donors (Lipinski definition) is 1. The van der Waals surface area contributed by atoms with Crippen molar-refractivity contribution >= 4 is 23.2 Å². The van der Waals surface area contributed by atoms with Gasteiger partial charge in [0, 0.05) is 24.2 Å². The van der Waals surface area contributed by atoms with Crippen LogP contribution in [0.3, 0.4) is 0 Å². The molecule has 2 aromatic heterocycles.